The summed E-state index contributed by atoms with van der Waals surface area (Å²) < 4.78 is 2.36. The average Bonchev–Trinajstić information content (AvgIpc) is 3.74. The van der Waals surface area contributed by atoms with Crippen molar-refractivity contribution >= 4 is 33.7 Å². The average molecular weight is 622 g/mol. The predicted octanol–water partition coefficient (Wildman–Crippen LogP) is 9.88. The van der Waals surface area contributed by atoms with Crippen molar-refractivity contribution in [2.75, 3.05) is 0 Å². The number of aliphatic imine (C=N–C) groups is 2. The summed E-state index contributed by atoms with van der Waals surface area (Å²) in [6.07, 6.45) is 1.83. The van der Waals surface area contributed by atoms with E-state index in [-0.39, 0.29) is 10.8 Å². The van der Waals surface area contributed by atoms with Crippen LogP contribution in [0.4, 0.5) is 0 Å². The maximum atomic E-state index is 9.69. The van der Waals surface area contributed by atoms with Gasteiger partial charge in [-0.1, -0.05) is 77.9 Å². The highest BCUT2D eigenvalue weighted by molar-refractivity contribution is 6.39. The summed E-state index contributed by atoms with van der Waals surface area (Å²) in [7, 11) is 0. The minimum Gasteiger partial charge on any atom is -0.309 e. The van der Waals surface area contributed by atoms with Gasteiger partial charge in [-0.2, -0.15) is 10.5 Å². The lowest BCUT2D eigenvalue weighted by molar-refractivity contribution is 0.590. The van der Waals surface area contributed by atoms with Crippen molar-refractivity contribution in [3.05, 3.63) is 136 Å². The zero-order chi connectivity index (χ0) is 33.6. The molecule has 0 fully saturated rings. The Hall–Kier alpha value is -5.78. The van der Waals surface area contributed by atoms with Crippen molar-refractivity contribution in [3.8, 4) is 29.0 Å². The molecule has 0 N–H and O–H groups in total. The molecule has 8 rings (SSSR count). The summed E-state index contributed by atoms with van der Waals surface area (Å²) in [5.41, 5.74) is 11.6. The second kappa shape index (κ2) is 10.1. The third-order valence-corrected chi connectivity index (χ3v) is 9.91. The molecule has 232 valence electrons. The fraction of sp³-hybridized carbons (Fsp3) is 0.209. The summed E-state index contributed by atoms with van der Waals surface area (Å²) in [6.45, 7) is 13.6. The zero-order valence-electron chi connectivity index (χ0n) is 28.1. The third kappa shape index (κ3) is 4.35. The van der Waals surface area contributed by atoms with Gasteiger partial charge < -0.3 is 4.57 Å². The SMILES string of the molecule is CC(C)(C)c1ccc2c(c1)c1cc(C(C)(C)C)ccc1n2-c1ccc(C2=NC3(N=C2)c2cc(C#N)ccc2-c2ccc(C#N)cc23)cc1. The van der Waals surface area contributed by atoms with Gasteiger partial charge in [-0.15, -0.1) is 0 Å². The summed E-state index contributed by atoms with van der Waals surface area (Å²) in [6, 6.07) is 38.2. The van der Waals surface area contributed by atoms with Gasteiger partial charge in [0, 0.05) is 33.2 Å². The molecule has 5 nitrogen and oxygen atoms in total. The molecule has 0 unspecified atom stereocenters. The fourth-order valence-corrected chi connectivity index (χ4v) is 7.22. The van der Waals surface area contributed by atoms with E-state index in [1.54, 1.807) is 0 Å². The van der Waals surface area contributed by atoms with Gasteiger partial charge in [-0.05, 0) is 93.7 Å². The number of benzene rings is 5. The van der Waals surface area contributed by atoms with Crippen LogP contribution in [0, 0.1) is 22.7 Å². The normalized spacial score (nSPS) is 14.6. The van der Waals surface area contributed by atoms with Crippen molar-refractivity contribution in [3.63, 3.8) is 0 Å². The molecule has 1 spiro atoms. The molecule has 0 radical (unpaired) electrons. The standard InChI is InChI=1S/C43H35N5/c1-41(2,3)29-11-17-39-34(21-29)35-22-30(42(4,5)6)12-18-40(35)48(39)31-13-9-28(10-14-31)38-25-46-43(47-38)36-19-26(23-44)7-15-32(36)33-16-8-27(24-45)20-37(33)43/h7-22,25H,1-6H3. The lowest BCUT2D eigenvalue weighted by Crippen LogP contribution is -2.18. The first-order valence-electron chi connectivity index (χ1n) is 16.4. The highest BCUT2D eigenvalue weighted by Gasteiger charge is 2.45. The van der Waals surface area contributed by atoms with E-state index in [9.17, 15) is 10.5 Å². The van der Waals surface area contributed by atoms with Crippen molar-refractivity contribution in [1.29, 1.82) is 10.5 Å². The Labute approximate surface area is 281 Å². The molecule has 5 aromatic carbocycles. The molecular weight excluding hydrogens is 587 g/mol. The summed E-state index contributed by atoms with van der Waals surface area (Å²) in [5.74, 6) is 0. The van der Waals surface area contributed by atoms with Crippen LogP contribution in [0.5, 0.6) is 0 Å². The van der Waals surface area contributed by atoms with E-state index in [0.29, 0.717) is 11.1 Å². The number of rotatable bonds is 2. The number of nitriles is 2. The Morgan fingerprint density at radius 2 is 1.10 bits per heavy atom. The van der Waals surface area contributed by atoms with E-state index in [2.05, 4.69) is 119 Å². The Morgan fingerprint density at radius 1 is 0.604 bits per heavy atom. The largest absolute Gasteiger partial charge is 0.309 e. The van der Waals surface area contributed by atoms with Crippen LogP contribution in [0.3, 0.4) is 0 Å². The first-order valence-corrected chi connectivity index (χ1v) is 16.4. The Bertz CT molecular complexity index is 2340. The maximum Gasteiger partial charge on any atom is 0.203 e. The number of aromatic nitrogens is 1. The van der Waals surface area contributed by atoms with Gasteiger partial charge in [0.1, 0.15) is 0 Å². The van der Waals surface area contributed by atoms with Gasteiger partial charge in [-0.25, -0.2) is 4.99 Å². The Balaban J connectivity index is 1.25. The fourth-order valence-electron chi connectivity index (χ4n) is 7.22. The van der Waals surface area contributed by atoms with Crippen LogP contribution in [0.1, 0.15) is 80.5 Å². The number of fused-ring (bicyclic) bond motifs is 8. The molecule has 1 aliphatic heterocycles. The molecular formula is C43H35N5. The van der Waals surface area contributed by atoms with E-state index < -0.39 is 5.66 Å². The Kier molecular flexibility index (Phi) is 6.24. The first-order chi connectivity index (χ1) is 22.9. The molecule has 6 aromatic rings. The van der Waals surface area contributed by atoms with Gasteiger partial charge in [0.2, 0.25) is 5.66 Å². The Morgan fingerprint density at radius 3 is 1.56 bits per heavy atom. The van der Waals surface area contributed by atoms with Crippen LogP contribution in [0.2, 0.25) is 0 Å². The molecule has 0 atom stereocenters. The quantitative estimate of drug-likeness (QED) is 0.193. The van der Waals surface area contributed by atoms with Gasteiger partial charge in [0.25, 0.3) is 0 Å². The molecule has 0 saturated heterocycles. The van der Waals surface area contributed by atoms with Crippen molar-refractivity contribution in [2.24, 2.45) is 9.98 Å². The second-order valence-electron chi connectivity index (χ2n) is 15.0. The van der Waals surface area contributed by atoms with Crippen LogP contribution in [-0.2, 0) is 16.5 Å². The molecule has 0 bridgehead atoms. The topological polar surface area (TPSA) is 77.2 Å². The van der Waals surface area contributed by atoms with E-state index in [1.165, 1.54) is 32.9 Å². The summed E-state index contributed by atoms with van der Waals surface area (Å²) in [5, 5.41) is 21.9. The number of hydrogen-bond donors (Lipinski definition) is 0. The van der Waals surface area contributed by atoms with Crippen LogP contribution in [0.25, 0.3) is 38.6 Å². The monoisotopic (exact) mass is 621 g/mol. The third-order valence-electron chi connectivity index (χ3n) is 9.91. The maximum absolute atomic E-state index is 9.69. The molecule has 0 saturated carbocycles. The minimum atomic E-state index is -1.03. The van der Waals surface area contributed by atoms with Crippen LogP contribution < -0.4 is 0 Å². The predicted molar refractivity (Wildman–Crippen MR) is 195 cm³/mol. The molecule has 5 heteroatoms. The smallest absolute Gasteiger partial charge is 0.203 e. The van der Waals surface area contributed by atoms with E-state index >= 15 is 0 Å². The van der Waals surface area contributed by atoms with E-state index in [4.69, 9.17) is 9.98 Å². The molecule has 48 heavy (non-hydrogen) atoms. The van der Waals surface area contributed by atoms with Gasteiger partial charge in [0.15, 0.2) is 0 Å². The van der Waals surface area contributed by atoms with Crippen molar-refractivity contribution in [2.45, 2.75) is 58.0 Å². The first kappa shape index (κ1) is 29.6. The molecule has 1 aliphatic carbocycles. The summed E-state index contributed by atoms with van der Waals surface area (Å²) in [4.78, 5) is 10.3. The van der Waals surface area contributed by atoms with Gasteiger partial charge in [0.05, 0.1) is 46.2 Å². The van der Waals surface area contributed by atoms with Crippen molar-refractivity contribution in [1.82, 2.24) is 4.57 Å². The van der Waals surface area contributed by atoms with Crippen LogP contribution >= 0.6 is 0 Å². The van der Waals surface area contributed by atoms with Gasteiger partial charge in [-0.3, -0.25) is 4.99 Å². The van der Waals surface area contributed by atoms with E-state index in [1.807, 2.05) is 42.6 Å². The molecule has 1 aromatic heterocycles. The minimum absolute atomic E-state index is 0.0412. The van der Waals surface area contributed by atoms with E-state index in [0.717, 1.165) is 39.2 Å². The van der Waals surface area contributed by atoms with Gasteiger partial charge >= 0.3 is 0 Å². The highest BCUT2D eigenvalue weighted by Crippen LogP contribution is 2.52. The molecule has 2 heterocycles. The lowest BCUT2D eigenvalue weighted by atomic mass is 9.85. The lowest BCUT2D eigenvalue weighted by Gasteiger charge is -2.20. The van der Waals surface area contributed by atoms with Crippen molar-refractivity contribution < 1.29 is 0 Å². The van der Waals surface area contributed by atoms with Crippen LogP contribution in [-0.4, -0.2) is 16.5 Å². The highest BCUT2D eigenvalue weighted by atomic mass is 15.1. The second-order valence-corrected chi connectivity index (χ2v) is 15.0. The summed E-state index contributed by atoms with van der Waals surface area (Å²) >= 11 is 0. The molecule has 0 amide bonds. The number of hydrogen-bond acceptors (Lipinski definition) is 4. The molecule has 2 aliphatic rings. The number of nitrogens with zero attached hydrogens (tertiary/aromatic N) is 5. The zero-order valence-corrected chi connectivity index (χ0v) is 28.1. The van der Waals surface area contributed by atoms with Crippen LogP contribution in [0.15, 0.2) is 107 Å².